The van der Waals surface area contributed by atoms with Crippen LogP contribution in [0.4, 0.5) is 0 Å². The Morgan fingerprint density at radius 2 is 2.06 bits per heavy atom. The molecule has 5 nitrogen and oxygen atoms in total. The SMILES string of the molecule is CCOC(=O)COCCN(C)CC1(O)CCCC1. The van der Waals surface area contributed by atoms with Gasteiger partial charge in [0, 0.05) is 13.1 Å². The molecule has 0 saturated heterocycles. The van der Waals surface area contributed by atoms with E-state index < -0.39 is 5.60 Å². The molecular formula is C13H25NO4. The van der Waals surface area contributed by atoms with Crippen LogP contribution in [0.3, 0.4) is 0 Å². The molecule has 0 atom stereocenters. The van der Waals surface area contributed by atoms with Gasteiger partial charge in [-0.3, -0.25) is 0 Å². The molecular weight excluding hydrogens is 234 g/mol. The van der Waals surface area contributed by atoms with Crippen LogP contribution in [0.25, 0.3) is 0 Å². The molecule has 0 aromatic rings. The number of carbonyl (C=O) groups is 1. The Morgan fingerprint density at radius 1 is 1.39 bits per heavy atom. The molecule has 106 valence electrons. The maximum atomic E-state index is 11.0. The molecule has 1 aliphatic carbocycles. The molecule has 0 heterocycles. The summed E-state index contributed by atoms with van der Waals surface area (Å²) in [6.07, 6.45) is 4.01. The smallest absolute Gasteiger partial charge is 0.332 e. The second-order valence-corrected chi connectivity index (χ2v) is 5.03. The molecule has 0 aromatic carbocycles. The minimum atomic E-state index is -0.518. The lowest BCUT2D eigenvalue weighted by Gasteiger charge is -2.28. The van der Waals surface area contributed by atoms with E-state index in [-0.39, 0.29) is 12.6 Å². The van der Waals surface area contributed by atoms with Crippen molar-refractivity contribution in [2.75, 3.05) is 40.0 Å². The Hall–Kier alpha value is -0.650. The van der Waals surface area contributed by atoms with Crippen LogP contribution in [0.2, 0.25) is 0 Å². The van der Waals surface area contributed by atoms with E-state index in [9.17, 15) is 9.90 Å². The summed E-state index contributed by atoms with van der Waals surface area (Å²) in [5, 5.41) is 10.2. The number of rotatable bonds is 8. The molecule has 0 bridgehead atoms. The van der Waals surface area contributed by atoms with Crippen LogP contribution in [0.15, 0.2) is 0 Å². The Balaban J connectivity index is 2.06. The van der Waals surface area contributed by atoms with Crippen molar-refractivity contribution in [3.8, 4) is 0 Å². The van der Waals surface area contributed by atoms with Gasteiger partial charge in [-0.05, 0) is 26.8 Å². The predicted octanol–water partition coefficient (Wildman–Crippen LogP) is 0.803. The van der Waals surface area contributed by atoms with Crippen LogP contribution in [0.5, 0.6) is 0 Å². The van der Waals surface area contributed by atoms with Gasteiger partial charge in [0.1, 0.15) is 6.61 Å². The average molecular weight is 259 g/mol. The molecule has 0 aliphatic heterocycles. The van der Waals surface area contributed by atoms with E-state index in [1.807, 2.05) is 7.05 Å². The molecule has 0 radical (unpaired) electrons. The number of ether oxygens (including phenoxy) is 2. The van der Waals surface area contributed by atoms with Crippen molar-refractivity contribution in [1.82, 2.24) is 4.90 Å². The topological polar surface area (TPSA) is 59.0 Å². The quantitative estimate of drug-likeness (QED) is 0.516. The van der Waals surface area contributed by atoms with Gasteiger partial charge >= 0.3 is 5.97 Å². The fourth-order valence-electron chi connectivity index (χ4n) is 2.35. The Labute approximate surface area is 109 Å². The number of likely N-dealkylation sites (N-methyl/N-ethyl adjacent to an activating group) is 1. The van der Waals surface area contributed by atoms with Crippen LogP contribution in [-0.4, -0.2) is 61.5 Å². The fourth-order valence-corrected chi connectivity index (χ4v) is 2.35. The minimum Gasteiger partial charge on any atom is -0.464 e. The van der Waals surface area contributed by atoms with Crippen molar-refractivity contribution >= 4 is 5.97 Å². The van der Waals surface area contributed by atoms with Crippen molar-refractivity contribution in [3.63, 3.8) is 0 Å². The first kappa shape index (κ1) is 15.4. The highest BCUT2D eigenvalue weighted by molar-refractivity contribution is 5.70. The molecule has 1 saturated carbocycles. The van der Waals surface area contributed by atoms with E-state index in [1.54, 1.807) is 6.92 Å². The zero-order chi connectivity index (χ0) is 13.4. The lowest BCUT2D eigenvalue weighted by Crippen LogP contribution is -2.40. The van der Waals surface area contributed by atoms with Crippen molar-refractivity contribution < 1.29 is 19.4 Å². The highest BCUT2D eigenvalue weighted by atomic mass is 16.6. The third-order valence-electron chi connectivity index (χ3n) is 3.24. The van der Waals surface area contributed by atoms with E-state index in [4.69, 9.17) is 9.47 Å². The van der Waals surface area contributed by atoms with Gasteiger partial charge in [-0.1, -0.05) is 12.8 Å². The van der Waals surface area contributed by atoms with E-state index in [1.165, 1.54) is 0 Å². The number of esters is 1. The van der Waals surface area contributed by atoms with Gasteiger partial charge in [0.25, 0.3) is 0 Å². The summed E-state index contributed by atoms with van der Waals surface area (Å²) in [5.74, 6) is -0.324. The van der Waals surface area contributed by atoms with Gasteiger partial charge in [0.05, 0.1) is 18.8 Å². The van der Waals surface area contributed by atoms with Crippen LogP contribution >= 0.6 is 0 Å². The molecule has 0 aromatic heterocycles. The molecule has 18 heavy (non-hydrogen) atoms. The lowest BCUT2D eigenvalue weighted by atomic mass is 10.0. The van der Waals surface area contributed by atoms with Gasteiger partial charge in [-0.25, -0.2) is 4.79 Å². The lowest BCUT2D eigenvalue weighted by molar-refractivity contribution is -0.148. The molecule has 0 spiro atoms. The first-order valence-electron chi connectivity index (χ1n) is 6.70. The molecule has 1 rings (SSSR count). The van der Waals surface area contributed by atoms with E-state index >= 15 is 0 Å². The maximum Gasteiger partial charge on any atom is 0.332 e. The highest BCUT2D eigenvalue weighted by Crippen LogP contribution is 2.29. The molecule has 0 amide bonds. The standard InChI is InChI=1S/C13H25NO4/c1-3-18-12(15)10-17-9-8-14(2)11-13(16)6-4-5-7-13/h16H,3-11H2,1-2H3. The monoisotopic (exact) mass is 259 g/mol. The van der Waals surface area contributed by atoms with Crippen LogP contribution in [0, 0.1) is 0 Å². The normalized spacial score (nSPS) is 18.2. The first-order chi connectivity index (χ1) is 8.56. The number of carbonyl (C=O) groups excluding carboxylic acids is 1. The zero-order valence-electron chi connectivity index (χ0n) is 11.5. The Bertz CT molecular complexity index is 251. The summed E-state index contributed by atoms with van der Waals surface area (Å²) in [6.45, 7) is 4.03. The summed E-state index contributed by atoms with van der Waals surface area (Å²) in [5.41, 5.74) is -0.518. The summed E-state index contributed by atoms with van der Waals surface area (Å²) in [7, 11) is 1.96. The third-order valence-corrected chi connectivity index (χ3v) is 3.24. The van der Waals surface area contributed by atoms with Gasteiger partial charge in [-0.2, -0.15) is 0 Å². The Morgan fingerprint density at radius 3 is 2.67 bits per heavy atom. The third kappa shape index (κ3) is 5.80. The maximum absolute atomic E-state index is 11.0. The average Bonchev–Trinajstić information content (AvgIpc) is 2.71. The van der Waals surface area contributed by atoms with Crippen molar-refractivity contribution in [1.29, 1.82) is 0 Å². The first-order valence-corrected chi connectivity index (χ1v) is 6.70. The molecule has 5 heteroatoms. The molecule has 1 fully saturated rings. The largest absolute Gasteiger partial charge is 0.464 e. The number of aliphatic hydroxyl groups is 1. The van der Waals surface area contributed by atoms with Gasteiger partial charge in [-0.15, -0.1) is 0 Å². The Kier molecular flexibility index (Phi) is 6.60. The van der Waals surface area contributed by atoms with Gasteiger partial charge < -0.3 is 19.5 Å². The van der Waals surface area contributed by atoms with E-state index in [0.717, 1.165) is 25.7 Å². The van der Waals surface area contributed by atoms with Crippen molar-refractivity contribution in [2.45, 2.75) is 38.2 Å². The van der Waals surface area contributed by atoms with Crippen LogP contribution < -0.4 is 0 Å². The number of hydrogen-bond acceptors (Lipinski definition) is 5. The predicted molar refractivity (Wildman–Crippen MR) is 68.4 cm³/mol. The van der Waals surface area contributed by atoms with E-state index in [2.05, 4.69) is 4.90 Å². The number of hydrogen-bond donors (Lipinski definition) is 1. The minimum absolute atomic E-state index is 0.00590. The highest BCUT2D eigenvalue weighted by Gasteiger charge is 2.31. The summed E-state index contributed by atoms with van der Waals surface area (Å²) in [4.78, 5) is 13.1. The second kappa shape index (κ2) is 7.71. The van der Waals surface area contributed by atoms with Crippen molar-refractivity contribution in [3.05, 3.63) is 0 Å². The van der Waals surface area contributed by atoms with Crippen LogP contribution in [0.1, 0.15) is 32.6 Å². The van der Waals surface area contributed by atoms with Crippen LogP contribution in [-0.2, 0) is 14.3 Å². The second-order valence-electron chi connectivity index (χ2n) is 5.03. The molecule has 1 N–H and O–H groups in total. The summed E-state index contributed by atoms with van der Waals surface area (Å²) in [6, 6.07) is 0. The zero-order valence-corrected chi connectivity index (χ0v) is 11.5. The fraction of sp³-hybridized carbons (Fsp3) is 0.923. The van der Waals surface area contributed by atoms with Crippen molar-refractivity contribution in [2.24, 2.45) is 0 Å². The number of nitrogens with zero attached hydrogens (tertiary/aromatic N) is 1. The van der Waals surface area contributed by atoms with E-state index in [0.29, 0.717) is 26.3 Å². The molecule has 1 aliphatic rings. The summed E-state index contributed by atoms with van der Waals surface area (Å²) < 4.78 is 9.97. The van der Waals surface area contributed by atoms with Gasteiger partial charge in [0.2, 0.25) is 0 Å². The summed E-state index contributed by atoms with van der Waals surface area (Å²) >= 11 is 0. The van der Waals surface area contributed by atoms with Gasteiger partial charge in [0.15, 0.2) is 0 Å². The molecule has 0 unspecified atom stereocenters.